The molecule has 0 saturated heterocycles. The first kappa shape index (κ1) is 19.3. The van der Waals surface area contributed by atoms with E-state index in [1.54, 1.807) is 10.8 Å². The van der Waals surface area contributed by atoms with E-state index in [-0.39, 0.29) is 29.4 Å². The van der Waals surface area contributed by atoms with Gasteiger partial charge in [0.15, 0.2) is 9.84 Å². The summed E-state index contributed by atoms with van der Waals surface area (Å²) in [5, 5.41) is -0.246. The molecule has 2 saturated carbocycles. The number of carbonyl (C=O) groups is 1. The van der Waals surface area contributed by atoms with Gasteiger partial charge in [-0.3, -0.25) is 14.4 Å². The molecule has 0 radical (unpaired) electrons. The number of rotatable bonds is 5. The van der Waals surface area contributed by atoms with Crippen molar-refractivity contribution in [3.63, 3.8) is 0 Å². The number of pyridine rings is 1. The first-order valence-electron chi connectivity index (χ1n) is 9.93. The molecule has 1 heterocycles. The zero-order valence-corrected chi connectivity index (χ0v) is 16.5. The van der Waals surface area contributed by atoms with Gasteiger partial charge >= 0.3 is 0 Å². The van der Waals surface area contributed by atoms with Gasteiger partial charge in [0.2, 0.25) is 5.91 Å². The standard InChI is InChI=1S/C20H30N2O3S/c1-16-11-13-22(19(15-16)21-17-7-3-2-4-8-17)20(23)12-14-26(24,25)18-9-5-6-10-18/h11,13,15,17-18H,2-10,12,14H2,1H3. The number of hydrogen-bond acceptors (Lipinski definition) is 4. The van der Waals surface area contributed by atoms with Crippen molar-refractivity contribution >= 4 is 15.7 Å². The maximum Gasteiger partial charge on any atom is 0.233 e. The molecule has 0 aliphatic heterocycles. The molecule has 6 heteroatoms. The fraction of sp³-hybridized carbons (Fsp3) is 0.700. The van der Waals surface area contributed by atoms with Crippen LogP contribution in [0.1, 0.15) is 74.6 Å². The zero-order chi connectivity index (χ0) is 18.6. The van der Waals surface area contributed by atoms with Gasteiger partial charge in [0.1, 0.15) is 5.49 Å². The highest BCUT2D eigenvalue weighted by molar-refractivity contribution is 7.92. The molecule has 0 aromatic carbocycles. The summed E-state index contributed by atoms with van der Waals surface area (Å²) < 4.78 is 26.4. The minimum Gasteiger partial charge on any atom is -0.274 e. The van der Waals surface area contributed by atoms with Crippen LogP contribution in [0.2, 0.25) is 0 Å². The van der Waals surface area contributed by atoms with Gasteiger partial charge in [-0.25, -0.2) is 8.42 Å². The van der Waals surface area contributed by atoms with Gasteiger partial charge in [0, 0.05) is 12.6 Å². The number of nitrogens with zero attached hydrogens (tertiary/aromatic N) is 2. The van der Waals surface area contributed by atoms with Crippen molar-refractivity contribution < 1.29 is 13.2 Å². The fourth-order valence-electron chi connectivity index (χ4n) is 4.06. The molecule has 3 rings (SSSR count). The minimum absolute atomic E-state index is 0.0275. The van der Waals surface area contributed by atoms with E-state index in [0.717, 1.165) is 44.1 Å². The van der Waals surface area contributed by atoms with Crippen LogP contribution in [-0.2, 0) is 9.84 Å². The Morgan fingerprint density at radius 2 is 1.77 bits per heavy atom. The van der Waals surface area contributed by atoms with Gasteiger partial charge < -0.3 is 0 Å². The molecule has 0 N–H and O–H groups in total. The molecule has 1 aromatic heterocycles. The quantitative estimate of drug-likeness (QED) is 0.788. The summed E-state index contributed by atoms with van der Waals surface area (Å²) in [7, 11) is -3.18. The summed E-state index contributed by atoms with van der Waals surface area (Å²) in [5.74, 6) is -0.235. The van der Waals surface area contributed by atoms with Crippen LogP contribution in [0, 0.1) is 6.92 Å². The van der Waals surface area contributed by atoms with E-state index >= 15 is 0 Å². The molecular formula is C20H30N2O3S. The molecular weight excluding hydrogens is 348 g/mol. The van der Waals surface area contributed by atoms with Crippen LogP contribution in [0.3, 0.4) is 0 Å². The highest BCUT2D eigenvalue weighted by Crippen LogP contribution is 2.25. The highest BCUT2D eigenvalue weighted by Gasteiger charge is 2.29. The Balaban J connectivity index is 1.75. The highest BCUT2D eigenvalue weighted by atomic mass is 32.2. The van der Waals surface area contributed by atoms with Crippen LogP contribution in [0.4, 0.5) is 0 Å². The second kappa shape index (κ2) is 8.51. The van der Waals surface area contributed by atoms with Crippen molar-refractivity contribution in [3.8, 4) is 0 Å². The second-order valence-corrected chi connectivity index (χ2v) is 10.2. The Bertz CT molecular complexity index is 799. The van der Waals surface area contributed by atoms with Crippen LogP contribution < -0.4 is 5.49 Å². The van der Waals surface area contributed by atoms with E-state index in [9.17, 15) is 13.2 Å². The average molecular weight is 379 g/mol. The molecule has 0 bridgehead atoms. The SMILES string of the molecule is Cc1ccn(C(=O)CCS(=O)(=O)C2CCCC2)c(=NC2CCCCC2)c1. The van der Waals surface area contributed by atoms with E-state index in [0.29, 0.717) is 5.49 Å². The summed E-state index contributed by atoms with van der Waals surface area (Å²) in [6.07, 6.45) is 11.0. The number of aromatic nitrogens is 1. The summed E-state index contributed by atoms with van der Waals surface area (Å²) >= 11 is 0. The molecule has 2 fully saturated rings. The van der Waals surface area contributed by atoms with E-state index in [4.69, 9.17) is 4.99 Å². The van der Waals surface area contributed by atoms with Gasteiger partial charge in [-0.05, 0) is 50.3 Å². The Kier molecular flexibility index (Phi) is 6.33. The molecule has 0 amide bonds. The molecule has 0 atom stereocenters. The zero-order valence-electron chi connectivity index (χ0n) is 15.7. The minimum atomic E-state index is -3.18. The molecule has 26 heavy (non-hydrogen) atoms. The number of sulfone groups is 1. The van der Waals surface area contributed by atoms with Crippen molar-refractivity contribution in [3.05, 3.63) is 29.4 Å². The average Bonchev–Trinajstić information content (AvgIpc) is 3.16. The Hall–Kier alpha value is -1.43. The third-order valence-corrected chi connectivity index (χ3v) is 7.92. The summed E-state index contributed by atoms with van der Waals surface area (Å²) in [4.78, 5) is 17.5. The molecule has 0 unspecified atom stereocenters. The third kappa shape index (κ3) is 4.84. The molecule has 2 aliphatic carbocycles. The van der Waals surface area contributed by atoms with Crippen LogP contribution in [0.25, 0.3) is 0 Å². The maximum atomic E-state index is 12.7. The monoisotopic (exact) mass is 378 g/mol. The number of carbonyl (C=O) groups excluding carboxylic acids is 1. The lowest BCUT2D eigenvalue weighted by atomic mass is 9.96. The smallest absolute Gasteiger partial charge is 0.233 e. The van der Waals surface area contributed by atoms with Gasteiger partial charge in [-0.2, -0.15) is 0 Å². The van der Waals surface area contributed by atoms with Gasteiger partial charge in [-0.15, -0.1) is 0 Å². The molecule has 2 aliphatic rings. The van der Waals surface area contributed by atoms with E-state index < -0.39 is 9.84 Å². The van der Waals surface area contributed by atoms with Crippen molar-refractivity contribution in [1.29, 1.82) is 0 Å². The summed E-state index contributed by atoms with van der Waals surface area (Å²) in [6.45, 7) is 1.99. The number of hydrogen-bond donors (Lipinski definition) is 0. The van der Waals surface area contributed by atoms with Gasteiger partial charge in [-0.1, -0.05) is 32.1 Å². The Labute approximate surface area is 156 Å². The molecule has 144 valence electrons. The first-order valence-corrected chi connectivity index (χ1v) is 11.7. The maximum absolute atomic E-state index is 12.7. The topological polar surface area (TPSA) is 68.5 Å². The summed E-state index contributed by atoms with van der Waals surface area (Å²) in [5.41, 5.74) is 1.72. The third-order valence-electron chi connectivity index (χ3n) is 5.66. The Morgan fingerprint density at radius 1 is 1.12 bits per heavy atom. The van der Waals surface area contributed by atoms with Crippen molar-refractivity contribution in [2.24, 2.45) is 4.99 Å². The van der Waals surface area contributed by atoms with Gasteiger partial charge in [0.05, 0.1) is 17.0 Å². The van der Waals surface area contributed by atoms with Crippen molar-refractivity contribution in [2.45, 2.75) is 82.4 Å². The fourth-order valence-corrected chi connectivity index (χ4v) is 5.91. The second-order valence-electron chi connectivity index (χ2n) is 7.77. The predicted octanol–water partition coefficient (Wildman–Crippen LogP) is 3.42. The van der Waals surface area contributed by atoms with Crippen LogP contribution in [0.5, 0.6) is 0 Å². The lowest BCUT2D eigenvalue weighted by Gasteiger charge is -2.18. The predicted molar refractivity (Wildman–Crippen MR) is 103 cm³/mol. The van der Waals surface area contributed by atoms with Crippen LogP contribution in [-0.4, -0.2) is 35.9 Å². The molecule has 5 nitrogen and oxygen atoms in total. The normalized spacial score (nSPS) is 20.6. The number of aryl methyl sites for hydroxylation is 1. The van der Waals surface area contributed by atoms with Crippen molar-refractivity contribution in [1.82, 2.24) is 4.57 Å². The van der Waals surface area contributed by atoms with Crippen molar-refractivity contribution in [2.75, 3.05) is 5.75 Å². The van der Waals surface area contributed by atoms with Crippen LogP contribution >= 0.6 is 0 Å². The molecule has 1 aromatic rings. The lowest BCUT2D eigenvalue weighted by Crippen LogP contribution is -2.31. The molecule has 0 spiro atoms. The van der Waals surface area contributed by atoms with Crippen LogP contribution in [0.15, 0.2) is 23.3 Å². The van der Waals surface area contributed by atoms with Gasteiger partial charge in [0.25, 0.3) is 0 Å². The summed E-state index contributed by atoms with van der Waals surface area (Å²) in [6, 6.07) is 4.08. The Morgan fingerprint density at radius 3 is 2.46 bits per heavy atom. The first-order chi connectivity index (χ1) is 12.5. The van der Waals surface area contributed by atoms with E-state index in [1.807, 2.05) is 19.1 Å². The van der Waals surface area contributed by atoms with E-state index in [1.165, 1.54) is 19.3 Å². The lowest BCUT2D eigenvalue weighted by molar-refractivity contribution is 0.0903. The van der Waals surface area contributed by atoms with E-state index in [2.05, 4.69) is 0 Å². The largest absolute Gasteiger partial charge is 0.274 e.